The van der Waals surface area contributed by atoms with Crippen molar-refractivity contribution in [3.05, 3.63) is 30.3 Å². The van der Waals surface area contributed by atoms with Crippen molar-refractivity contribution >= 4 is 0 Å². The molecule has 0 heterocycles. The Labute approximate surface area is 111 Å². The molecule has 0 bridgehead atoms. The van der Waals surface area contributed by atoms with Crippen molar-refractivity contribution in [1.29, 1.82) is 0 Å². The van der Waals surface area contributed by atoms with E-state index in [0.717, 1.165) is 5.75 Å². The van der Waals surface area contributed by atoms with Gasteiger partial charge in [-0.3, -0.25) is 0 Å². The maximum absolute atomic E-state index is 12.6. The van der Waals surface area contributed by atoms with Gasteiger partial charge in [0.25, 0.3) is 0 Å². The topological polar surface area (TPSA) is 35.2 Å². The van der Waals surface area contributed by atoms with Crippen molar-refractivity contribution in [2.75, 3.05) is 13.2 Å². The molecule has 1 rings (SSSR count). The highest BCUT2D eigenvalue weighted by Crippen LogP contribution is 2.32. The minimum Gasteiger partial charge on any atom is -0.494 e. The molecule has 108 valence electrons. The molecule has 0 saturated carbocycles. The second-order valence-corrected chi connectivity index (χ2v) is 4.47. The molecule has 0 aliphatic heterocycles. The third kappa shape index (κ3) is 6.47. The van der Waals surface area contributed by atoms with Crippen LogP contribution in [0.15, 0.2) is 30.3 Å². The van der Waals surface area contributed by atoms with Crippen molar-refractivity contribution in [1.82, 2.24) is 0 Å². The van der Waals surface area contributed by atoms with E-state index in [-0.39, 0.29) is 19.4 Å². The summed E-state index contributed by atoms with van der Waals surface area (Å²) in [5, 5.41) is 0. The Bertz CT molecular complexity index is 340. The summed E-state index contributed by atoms with van der Waals surface area (Å²) < 4.78 is 43.2. The Morgan fingerprint density at radius 3 is 2.32 bits per heavy atom. The van der Waals surface area contributed by atoms with Crippen LogP contribution in [0.5, 0.6) is 5.75 Å². The zero-order chi connectivity index (χ0) is 14.1. The minimum atomic E-state index is -4.14. The van der Waals surface area contributed by atoms with Gasteiger partial charge in [-0.15, -0.1) is 0 Å². The van der Waals surface area contributed by atoms with Gasteiger partial charge in [0.05, 0.1) is 12.5 Å². The lowest BCUT2D eigenvalue weighted by atomic mass is 9.98. The van der Waals surface area contributed by atoms with Crippen LogP contribution in [0.25, 0.3) is 0 Å². The largest absolute Gasteiger partial charge is 0.494 e. The molecular weight excluding hydrogens is 255 g/mol. The number of unbranched alkanes of at least 4 members (excludes halogenated alkanes) is 1. The van der Waals surface area contributed by atoms with E-state index in [1.165, 1.54) is 0 Å². The number of benzene rings is 1. The van der Waals surface area contributed by atoms with Crippen LogP contribution in [0.1, 0.15) is 25.7 Å². The molecule has 0 aliphatic rings. The molecule has 1 atom stereocenters. The van der Waals surface area contributed by atoms with Crippen LogP contribution in [0.2, 0.25) is 0 Å². The fourth-order valence-corrected chi connectivity index (χ4v) is 1.87. The first-order chi connectivity index (χ1) is 9.04. The highest BCUT2D eigenvalue weighted by atomic mass is 19.4. The average molecular weight is 275 g/mol. The fraction of sp³-hybridized carbons (Fsp3) is 0.571. The number of alkyl halides is 3. The summed E-state index contributed by atoms with van der Waals surface area (Å²) in [6.45, 7) is 0.516. The summed E-state index contributed by atoms with van der Waals surface area (Å²) in [7, 11) is 0. The maximum Gasteiger partial charge on any atom is 0.391 e. The number of halogens is 3. The second-order valence-electron chi connectivity index (χ2n) is 4.47. The van der Waals surface area contributed by atoms with Gasteiger partial charge < -0.3 is 10.5 Å². The molecule has 0 spiro atoms. The number of hydrogen-bond acceptors (Lipinski definition) is 2. The van der Waals surface area contributed by atoms with Crippen molar-refractivity contribution in [3.63, 3.8) is 0 Å². The van der Waals surface area contributed by atoms with Gasteiger partial charge in [0.2, 0.25) is 0 Å². The van der Waals surface area contributed by atoms with E-state index in [2.05, 4.69) is 0 Å². The highest BCUT2D eigenvalue weighted by Gasteiger charge is 2.37. The standard InChI is InChI=1S/C14H20F3NO/c15-14(16,17)12(9-10-18)6-4-5-11-19-13-7-2-1-3-8-13/h1-3,7-8,12H,4-6,9-11,18H2. The van der Waals surface area contributed by atoms with Crippen LogP contribution >= 0.6 is 0 Å². The third-order valence-electron chi connectivity index (χ3n) is 2.94. The van der Waals surface area contributed by atoms with E-state index in [1.54, 1.807) is 0 Å². The van der Waals surface area contributed by atoms with E-state index < -0.39 is 12.1 Å². The summed E-state index contributed by atoms with van der Waals surface area (Å²) >= 11 is 0. The Hall–Kier alpha value is -1.23. The lowest BCUT2D eigenvalue weighted by molar-refractivity contribution is -0.177. The smallest absolute Gasteiger partial charge is 0.391 e. The predicted octanol–water partition coefficient (Wildman–Crippen LogP) is 3.76. The number of hydrogen-bond donors (Lipinski definition) is 1. The molecule has 5 heteroatoms. The lowest BCUT2D eigenvalue weighted by Crippen LogP contribution is -2.25. The van der Waals surface area contributed by atoms with E-state index >= 15 is 0 Å². The fourth-order valence-electron chi connectivity index (χ4n) is 1.87. The first-order valence-electron chi connectivity index (χ1n) is 6.48. The first kappa shape index (κ1) is 15.8. The van der Waals surface area contributed by atoms with Gasteiger partial charge >= 0.3 is 6.18 Å². The minimum absolute atomic E-state index is 0.00302. The summed E-state index contributed by atoms with van der Waals surface area (Å²) in [5.41, 5.74) is 5.21. The van der Waals surface area contributed by atoms with E-state index in [4.69, 9.17) is 10.5 Å². The third-order valence-corrected chi connectivity index (χ3v) is 2.94. The quantitative estimate of drug-likeness (QED) is 0.733. The van der Waals surface area contributed by atoms with Gasteiger partial charge in [-0.25, -0.2) is 0 Å². The van der Waals surface area contributed by atoms with Gasteiger partial charge in [-0.1, -0.05) is 18.2 Å². The molecule has 0 radical (unpaired) electrons. The maximum atomic E-state index is 12.6. The summed E-state index contributed by atoms with van der Waals surface area (Å²) in [6, 6.07) is 9.25. The molecule has 0 saturated heterocycles. The van der Waals surface area contributed by atoms with Gasteiger partial charge in [0, 0.05) is 0 Å². The van der Waals surface area contributed by atoms with Crippen LogP contribution in [0, 0.1) is 5.92 Å². The van der Waals surface area contributed by atoms with Crippen molar-refractivity contribution in [3.8, 4) is 5.75 Å². The molecule has 0 aliphatic carbocycles. The molecule has 2 N–H and O–H groups in total. The molecule has 1 aromatic carbocycles. The van der Waals surface area contributed by atoms with Crippen LogP contribution in [-0.4, -0.2) is 19.3 Å². The molecule has 0 aromatic heterocycles. The summed E-state index contributed by atoms with van der Waals surface area (Å²) in [6.07, 6.45) is -2.90. The molecule has 1 aromatic rings. The Morgan fingerprint density at radius 1 is 1.05 bits per heavy atom. The summed E-state index contributed by atoms with van der Waals surface area (Å²) in [5.74, 6) is -0.536. The van der Waals surface area contributed by atoms with Crippen LogP contribution in [-0.2, 0) is 0 Å². The van der Waals surface area contributed by atoms with Gasteiger partial charge in [-0.05, 0) is 44.4 Å². The lowest BCUT2D eigenvalue weighted by Gasteiger charge is -2.19. The zero-order valence-electron chi connectivity index (χ0n) is 10.8. The Morgan fingerprint density at radius 2 is 1.74 bits per heavy atom. The molecule has 19 heavy (non-hydrogen) atoms. The van der Waals surface area contributed by atoms with E-state index in [9.17, 15) is 13.2 Å². The Kier molecular flexibility index (Phi) is 6.70. The molecule has 1 unspecified atom stereocenters. The van der Waals surface area contributed by atoms with E-state index in [0.29, 0.717) is 19.4 Å². The number of nitrogens with two attached hydrogens (primary N) is 1. The van der Waals surface area contributed by atoms with Crippen molar-refractivity contribution in [2.24, 2.45) is 11.7 Å². The summed E-state index contributed by atoms with van der Waals surface area (Å²) in [4.78, 5) is 0. The number of ether oxygens (including phenoxy) is 1. The van der Waals surface area contributed by atoms with Crippen LogP contribution in [0.4, 0.5) is 13.2 Å². The normalized spacial score (nSPS) is 13.3. The van der Waals surface area contributed by atoms with Crippen LogP contribution < -0.4 is 10.5 Å². The SMILES string of the molecule is NCCC(CCCCOc1ccccc1)C(F)(F)F. The van der Waals surface area contributed by atoms with E-state index in [1.807, 2.05) is 30.3 Å². The van der Waals surface area contributed by atoms with Crippen molar-refractivity contribution in [2.45, 2.75) is 31.9 Å². The van der Waals surface area contributed by atoms with Gasteiger partial charge in [-0.2, -0.15) is 13.2 Å². The monoisotopic (exact) mass is 275 g/mol. The molecule has 2 nitrogen and oxygen atoms in total. The van der Waals surface area contributed by atoms with Crippen molar-refractivity contribution < 1.29 is 17.9 Å². The average Bonchev–Trinajstić information content (AvgIpc) is 2.37. The second kappa shape index (κ2) is 8.04. The number of para-hydroxylation sites is 1. The zero-order valence-corrected chi connectivity index (χ0v) is 10.8. The van der Waals surface area contributed by atoms with Gasteiger partial charge in [0.15, 0.2) is 0 Å². The first-order valence-corrected chi connectivity index (χ1v) is 6.48. The predicted molar refractivity (Wildman–Crippen MR) is 69.0 cm³/mol. The molecular formula is C14H20F3NO. The highest BCUT2D eigenvalue weighted by molar-refractivity contribution is 5.20. The molecule has 0 amide bonds. The number of rotatable bonds is 8. The van der Waals surface area contributed by atoms with Crippen LogP contribution in [0.3, 0.4) is 0 Å². The Balaban J connectivity index is 2.18. The molecule has 0 fully saturated rings. The van der Waals surface area contributed by atoms with Gasteiger partial charge in [0.1, 0.15) is 5.75 Å².